The minimum atomic E-state index is -5.75. The number of rotatable bonds is 4. The standard InChI is InChI=1S/CH4F3N4O3PS/c2-1(3,4)13(9,10)11-12(7-5)8-6/h5,8H,6H2. The van der Waals surface area contributed by atoms with E-state index in [1.165, 1.54) is 5.20 Å². The van der Waals surface area contributed by atoms with Crippen molar-refractivity contribution in [1.82, 2.24) is 5.20 Å². The minimum Gasteiger partial charge on any atom is -0.265 e. The van der Waals surface area contributed by atoms with Crippen molar-refractivity contribution in [3.05, 3.63) is 0 Å². The third-order valence-corrected chi connectivity index (χ3v) is 2.97. The molecule has 0 amide bonds. The molecular weight excluding hydrogens is 236 g/mol. The third kappa shape index (κ3) is 3.48. The number of nitrogens with two attached hydrogens (primary N) is 1. The summed E-state index contributed by atoms with van der Waals surface area (Å²) in [5, 5.41) is 1.49. The van der Waals surface area contributed by atoms with E-state index in [9.17, 15) is 21.6 Å². The topological polar surface area (TPSA) is 118 Å². The second kappa shape index (κ2) is 4.24. The molecule has 0 aromatic heterocycles. The largest absolute Gasteiger partial charge is 0.523 e. The molecule has 78 valence electrons. The summed E-state index contributed by atoms with van der Waals surface area (Å²) in [5.74, 6) is 4.54. The molecule has 4 N–H and O–H groups in total. The molecular formula is CH4F3N4O3PS. The summed E-state index contributed by atoms with van der Waals surface area (Å²) in [5.41, 5.74) is 0.652. The Kier molecular flexibility index (Phi) is 4.13. The maximum absolute atomic E-state index is 11.6. The predicted octanol–water partition coefficient (Wildman–Crippen LogP) is 0.574. The Hall–Kier alpha value is -0.350. The van der Waals surface area contributed by atoms with Gasteiger partial charge in [0, 0.05) is 0 Å². The highest BCUT2D eigenvalue weighted by atomic mass is 32.2. The average Bonchev–Trinajstić information content (AvgIpc) is 1.98. The van der Waals surface area contributed by atoms with Gasteiger partial charge in [-0.3, -0.25) is 5.84 Å². The number of hydrazine groups is 1. The highest BCUT2D eigenvalue weighted by Gasteiger charge is 2.49. The van der Waals surface area contributed by atoms with Crippen molar-refractivity contribution in [2.45, 2.75) is 5.51 Å². The van der Waals surface area contributed by atoms with Crippen LogP contribution in [0.3, 0.4) is 0 Å². The van der Waals surface area contributed by atoms with E-state index >= 15 is 0 Å². The lowest BCUT2D eigenvalue weighted by atomic mass is 11.6. The van der Waals surface area contributed by atoms with E-state index in [4.69, 9.17) is 5.53 Å². The van der Waals surface area contributed by atoms with E-state index in [0.29, 0.717) is 0 Å². The van der Waals surface area contributed by atoms with Gasteiger partial charge in [-0.15, -0.1) is 4.88 Å². The molecule has 0 aliphatic heterocycles. The molecule has 0 bridgehead atoms. The molecule has 0 aliphatic carbocycles. The Morgan fingerprint density at radius 1 is 1.54 bits per heavy atom. The van der Waals surface area contributed by atoms with Gasteiger partial charge in [0.2, 0.25) is 0 Å². The molecule has 0 heterocycles. The highest BCUT2D eigenvalue weighted by Crippen LogP contribution is 2.39. The second-order valence-corrected chi connectivity index (χ2v) is 4.45. The van der Waals surface area contributed by atoms with Gasteiger partial charge in [-0.05, 0) is 0 Å². The molecule has 1 atom stereocenters. The zero-order valence-corrected chi connectivity index (χ0v) is 7.45. The molecule has 0 aromatic rings. The highest BCUT2D eigenvalue weighted by molar-refractivity contribution is 7.91. The van der Waals surface area contributed by atoms with Gasteiger partial charge >= 0.3 is 15.6 Å². The first-order chi connectivity index (χ1) is 5.74. The van der Waals surface area contributed by atoms with Crippen LogP contribution in [0.5, 0.6) is 0 Å². The maximum atomic E-state index is 11.6. The lowest BCUT2D eigenvalue weighted by molar-refractivity contribution is -0.0497. The van der Waals surface area contributed by atoms with Crippen LogP contribution >= 0.6 is 8.45 Å². The second-order valence-electron chi connectivity index (χ2n) is 1.48. The van der Waals surface area contributed by atoms with Crippen molar-refractivity contribution in [3.63, 3.8) is 0 Å². The van der Waals surface area contributed by atoms with Crippen LogP contribution in [0.4, 0.5) is 13.2 Å². The van der Waals surface area contributed by atoms with Crippen LogP contribution in [0.25, 0.3) is 0 Å². The van der Waals surface area contributed by atoms with Crippen molar-refractivity contribution in [2.75, 3.05) is 0 Å². The van der Waals surface area contributed by atoms with E-state index in [-0.39, 0.29) is 0 Å². The molecule has 0 rings (SSSR count). The summed E-state index contributed by atoms with van der Waals surface area (Å²) >= 11 is 0. The number of halogens is 3. The Morgan fingerprint density at radius 3 is 2.23 bits per heavy atom. The van der Waals surface area contributed by atoms with Crippen LogP contribution in [0.2, 0.25) is 0 Å². The molecule has 0 fully saturated rings. The lowest BCUT2D eigenvalue weighted by Gasteiger charge is -2.10. The van der Waals surface area contributed by atoms with Gasteiger partial charge in [0.05, 0.1) is 0 Å². The molecule has 0 saturated heterocycles. The fourth-order valence-corrected chi connectivity index (χ4v) is 1.65. The van der Waals surface area contributed by atoms with Gasteiger partial charge < -0.3 is 0 Å². The van der Waals surface area contributed by atoms with E-state index in [2.05, 4.69) is 14.7 Å². The first kappa shape index (κ1) is 12.7. The molecule has 0 radical (unpaired) electrons. The van der Waals surface area contributed by atoms with E-state index < -0.39 is 24.1 Å². The molecule has 0 aromatic carbocycles. The van der Waals surface area contributed by atoms with Crippen molar-refractivity contribution in [3.8, 4) is 0 Å². The number of hydrogen-bond acceptors (Lipinski definition) is 7. The normalized spacial score (nSPS) is 15.4. The summed E-state index contributed by atoms with van der Waals surface area (Å²) in [7, 11) is -8.45. The van der Waals surface area contributed by atoms with Gasteiger partial charge in [0.25, 0.3) is 8.45 Å². The van der Waals surface area contributed by atoms with Crippen molar-refractivity contribution in [2.24, 2.45) is 10.7 Å². The van der Waals surface area contributed by atoms with Crippen LogP contribution in [0, 0.1) is 5.53 Å². The summed E-state index contributed by atoms with van der Waals surface area (Å²) in [4.78, 5) is 2.38. The smallest absolute Gasteiger partial charge is 0.265 e. The minimum absolute atomic E-state index is 1.49. The zero-order chi connectivity index (χ0) is 10.7. The summed E-state index contributed by atoms with van der Waals surface area (Å²) in [6, 6.07) is 0. The van der Waals surface area contributed by atoms with Crippen molar-refractivity contribution < 1.29 is 25.6 Å². The number of nitrogens with zero attached hydrogens (tertiary/aromatic N) is 1. The Morgan fingerprint density at radius 2 is 2.00 bits per heavy atom. The van der Waals surface area contributed by atoms with Crippen LogP contribution in [-0.4, -0.2) is 13.9 Å². The molecule has 0 spiro atoms. The van der Waals surface area contributed by atoms with Crippen LogP contribution in [-0.2, 0) is 14.1 Å². The fraction of sp³-hybridized carbons (Fsp3) is 1.00. The molecule has 0 saturated carbocycles. The fourth-order valence-electron chi connectivity index (χ4n) is 0.202. The van der Waals surface area contributed by atoms with Crippen LogP contribution in [0.1, 0.15) is 0 Å². The number of nitrogens with one attached hydrogen (secondary N) is 2. The first-order valence-electron chi connectivity index (χ1n) is 2.39. The predicted molar refractivity (Wildman–Crippen MR) is 35.5 cm³/mol. The molecule has 13 heavy (non-hydrogen) atoms. The molecule has 12 heteroatoms. The van der Waals surface area contributed by atoms with E-state index in [0.717, 1.165) is 0 Å². The average molecular weight is 240 g/mol. The van der Waals surface area contributed by atoms with Crippen molar-refractivity contribution in [1.29, 1.82) is 5.53 Å². The monoisotopic (exact) mass is 240 g/mol. The zero-order valence-electron chi connectivity index (χ0n) is 5.74. The molecule has 7 nitrogen and oxygen atoms in total. The van der Waals surface area contributed by atoms with Gasteiger partial charge in [-0.1, -0.05) is 0 Å². The Labute approximate surface area is 72.0 Å². The maximum Gasteiger partial charge on any atom is 0.523 e. The van der Waals surface area contributed by atoms with Crippen LogP contribution in [0.15, 0.2) is 4.88 Å². The number of alkyl halides is 3. The third-order valence-electron chi connectivity index (χ3n) is 0.653. The molecule has 0 aliphatic rings. The van der Waals surface area contributed by atoms with Crippen LogP contribution < -0.4 is 11.0 Å². The quantitative estimate of drug-likeness (QED) is 0.218. The van der Waals surface area contributed by atoms with Gasteiger partial charge in [-0.25, -0.2) is 5.53 Å². The Bertz CT molecular complexity index is 275. The molecule has 1 unspecified atom stereocenters. The SMILES string of the molecule is N=NP(NN)OS(=O)(=O)C(F)(F)F. The summed E-state index contributed by atoms with van der Waals surface area (Å²) < 4.78 is 58.6. The Balaban J connectivity index is 4.61. The number of hydrogen-bond donors (Lipinski definition) is 3. The van der Waals surface area contributed by atoms with E-state index in [1.54, 1.807) is 0 Å². The first-order valence-corrected chi connectivity index (χ1v) is 5.01. The van der Waals surface area contributed by atoms with Gasteiger partial charge in [0.1, 0.15) is 0 Å². The van der Waals surface area contributed by atoms with E-state index in [1.807, 2.05) is 0 Å². The van der Waals surface area contributed by atoms with Gasteiger partial charge in [-0.2, -0.15) is 30.8 Å². The van der Waals surface area contributed by atoms with Crippen molar-refractivity contribution >= 4 is 18.6 Å². The summed E-state index contributed by atoms with van der Waals surface area (Å²) in [6.45, 7) is 0. The summed E-state index contributed by atoms with van der Waals surface area (Å²) in [6.07, 6.45) is 0. The lowest BCUT2D eigenvalue weighted by Crippen LogP contribution is -2.26. The van der Waals surface area contributed by atoms with Gasteiger partial charge in [0.15, 0.2) is 0 Å².